The van der Waals surface area contributed by atoms with Gasteiger partial charge in [-0.15, -0.1) is 0 Å². The first-order valence-corrected chi connectivity index (χ1v) is 5.62. The third kappa shape index (κ3) is 2.85. The molecular weight excluding hydrogens is 288 g/mol. The molecule has 17 heavy (non-hydrogen) atoms. The number of nitrogens with zero attached hydrogens (tertiary/aromatic N) is 1. The van der Waals surface area contributed by atoms with Crippen LogP contribution in [0, 0.1) is 0 Å². The fraction of sp³-hybridized carbons (Fsp3) is 0.0909. The summed E-state index contributed by atoms with van der Waals surface area (Å²) < 4.78 is 5.72. The third-order valence-electron chi connectivity index (χ3n) is 2.16. The maximum absolute atomic E-state index is 11.0. The Morgan fingerprint density at radius 1 is 1.47 bits per heavy atom. The third-order valence-corrected chi connectivity index (χ3v) is 2.65. The van der Waals surface area contributed by atoms with Gasteiger partial charge in [-0.1, -0.05) is 21.1 Å². The van der Waals surface area contributed by atoms with E-state index in [-0.39, 0.29) is 5.56 Å². The quantitative estimate of drug-likeness (QED) is 0.907. The Labute approximate surface area is 106 Å². The summed E-state index contributed by atoms with van der Waals surface area (Å²) in [6.45, 7) is 0.386. The number of rotatable bonds is 4. The lowest BCUT2D eigenvalue weighted by molar-refractivity contribution is 0.0698. The number of anilines is 1. The number of carboxylic acids is 1. The van der Waals surface area contributed by atoms with E-state index in [1.165, 1.54) is 12.3 Å². The standard InChI is InChI=1S/C11H9BrN2O3/c12-7-1-2-9(11(15)16)10(5-7)13-6-8-3-4-14-17-8/h1-5,13H,6H2,(H,15,16). The van der Waals surface area contributed by atoms with Gasteiger partial charge >= 0.3 is 5.97 Å². The second kappa shape index (κ2) is 5.01. The average Bonchev–Trinajstić information content (AvgIpc) is 2.78. The lowest BCUT2D eigenvalue weighted by Crippen LogP contribution is -2.05. The Bertz CT molecular complexity index is 526. The normalized spacial score (nSPS) is 10.2. The van der Waals surface area contributed by atoms with Gasteiger partial charge in [0, 0.05) is 10.5 Å². The Hall–Kier alpha value is -1.82. The predicted molar refractivity (Wildman–Crippen MR) is 64.9 cm³/mol. The summed E-state index contributed by atoms with van der Waals surface area (Å²) in [5, 5.41) is 15.6. The molecule has 0 saturated heterocycles. The molecule has 0 unspecified atom stereocenters. The summed E-state index contributed by atoms with van der Waals surface area (Å²) in [6.07, 6.45) is 1.54. The van der Waals surface area contributed by atoms with Crippen molar-refractivity contribution >= 4 is 27.6 Å². The summed E-state index contributed by atoms with van der Waals surface area (Å²) in [5.74, 6) is -0.334. The lowest BCUT2D eigenvalue weighted by Gasteiger charge is -2.08. The van der Waals surface area contributed by atoms with Crippen molar-refractivity contribution in [3.8, 4) is 0 Å². The number of carbonyl (C=O) groups is 1. The fourth-order valence-electron chi connectivity index (χ4n) is 1.36. The van der Waals surface area contributed by atoms with Crippen molar-refractivity contribution in [1.29, 1.82) is 0 Å². The molecule has 0 fully saturated rings. The molecule has 0 aliphatic heterocycles. The molecule has 0 radical (unpaired) electrons. The second-order valence-electron chi connectivity index (χ2n) is 3.33. The highest BCUT2D eigenvalue weighted by atomic mass is 79.9. The molecule has 6 heteroatoms. The van der Waals surface area contributed by atoms with E-state index in [4.69, 9.17) is 9.63 Å². The first-order chi connectivity index (χ1) is 8.16. The number of benzene rings is 1. The number of carboxylic acid groups (broad SMARTS) is 1. The molecule has 2 aromatic rings. The van der Waals surface area contributed by atoms with Gasteiger partial charge in [-0.2, -0.15) is 0 Å². The molecule has 0 spiro atoms. The number of hydrogen-bond acceptors (Lipinski definition) is 4. The number of halogens is 1. The molecule has 0 amide bonds. The van der Waals surface area contributed by atoms with E-state index in [1.807, 2.05) is 0 Å². The van der Waals surface area contributed by atoms with E-state index in [0.29, 0.717) is 18.0 Å². The predicted octanol–water partition coefficient (Wildman–Crippen LogP) is 2.75. The van der Waals surface area contributed by atoms with Gasteiger partial charge in [0.1, 0.15) is 0 Å². The van der Waals surface area contributed by atoms with Crippen LogP contribution in [0.5, 0.6) is 0 Å². The molecule has 2 N–H and O–H groups in total. The van der Waals surface area contributed by atoms with Gasteiger partial charge in [0.2, 0.25) is 0 Å². The highest BCUT2D eigenvalue weighted by Gasteiger charge is 2.10. The van der Waals surface area contributed by atoms with Gasteiger partial charge in [0.15, 0.2) is 5.76 Å². The van der Waals surface area contributed by atoms with Crippen LogP contribution in [-0.2, 0) is 6.54 Å². The summed E-state index contributed by atoms with van der Waals surface area (Å²) in [4.78, 5) is 11.0. The van der Waals surface area contributed by atoms with Gasteiger partial charge in [0.05, 0.1) is 24.0 Å². The van der Waals surface area contributed by atoms with E-state index in [1.54, 1.807) is 18.2 Å². The van der Waals surface area contributed by atoms with E-state index in [9.17, 15) is 4.79 Å². The Morgan fingerprint density at radius 2 is 2.29 bits per heavy atom. The van der Waals surface area contributed by atoms with Crippen molar-refractivity contribution in [1.82, 2.24) is 5.16 Å². The molecule has 88 valence electrons. The molecule has 1 aromatic carbocycles. The van der Waals surface area contributed by atoms with Crippen LogP contribution in [0.1, 0.15) is 16.1 Å². The molecular formula is C11H9BrN2O3. The number of aromatic nitrogens is 1. The summed E-state index contributed by atoms with van der Waals surface area (Å²) >= 11 is 3.30. The van der Waals surface area contributed by atoms with Gasteiger partial charge in [-0.05, 0) is 18.2 Å². The van der Waals surface area contributed by atoms with Crippen LogP contribution in [0.3, 0.4) is 0 Å². The molecule has 0 bridgehead atoms. The number of nitrogens with one attached hydrogen (secondary N) is 1. The first-order valence-electron chi connectivity index (χ1n) is 4.83. The lowest BCUT2D eigenvalue weighted by atomic mass is 10.2. The molecule has 1 aromatic heterocycles. The zero-order valence-corrected chi connectivity index (χ0v) is 10.3. The molecule has 1 heterocycles. The summed E-state index contributed by atoms with van der Waals surface area (Å²) in [7, 11) is 0. The average molecular weight is 297 g/mol. The Morgan fingerprint density at radius 3 is 2.94 bits per heavy atom. The van der Waals surface area contributed by atoms with Crippen LogP contribution >= 0.6 is 15.9 Å². The van der Waals surface area contributed by atoms with Crippen LogP contribution in [0.25, 0.3) is 0 Å². The van der Waals surface area contributed by atoms with E-state index < -0.39 is 5.97 Å². The monoisotopic (exact) mass is 296 g/mol. The van der Waals surface area contributed by atoms with Crippen LogP contribution < -0.4 is 5.32 Å². The van der Waals surface area contributed by atoms with Crippen LogP contribution in [0.15, 0.2) is 39.5 Å². The maximum Gasteiger partial charge on any atom is 0.337 e. The van der Waals surface area contributed by atoms with Gasteiger partial charge in [-0.25, -0.2) is 4.79 Å². The second-order valence-corrected chi connectivity index (χ2v) is 4.24. The van der Waals surface area contributed by atoms with Crippen molar-refractivity contribution in [2.24, 2.45) is 0 Å². The topological polar surface area (TPSA) is 75.4 Å². The van der Waals surface area contributed by atoms with E-state index in [2.05, 4.69) is 26.4 Å². The Balaban J connectivity index is 2.19. The molecule has 2 rings (SSSR count). The minimum absolute atomic E-state index is 0.215. The highest BCUT2D eigenvalue weighted by molar-refractivity contribution is 9.10. The van der Waals surface area contributed by atoms with Crippen molar-refractivity contribution in [3.63, 3.8) is 0 Å². The number of aromatic carboxylic acids is 1. The minimum atomic E-state index is -0.974. The minimum Gasteiger partial charge on any atom is -0.478 e. The first kappa shape index (κ1) is 11.7. The maximum atomic E-state index is 11.0. The summed E-state index contributed by atoms with van der Waals surface area (Å²) in [5.41, 5.74) is 0.746. The van der Waals surface area contributed by atoms with Gasteiger partial charge < -0.3 is 14.9 Å². The smallest absolute Gasteiger partial charge is 0.337 e. The van der Waals surface area contributed by atoms with Crippen LogP contribution in [0.2, 0.25) is 0 Å². The SMILES string of the molecule is O=C(O)c1ccc(Br)cc1NCc1ccno1. The van der Waals surface area contributed by atoms with Crippen LogP contribution in [0.4, 0.5) is 5.69 Å². The van der Waals surface area contributed by atoms with E-state index in [0.717, 1.165) is 4.47 Å². The van der Waals surface area contributed by atoms with E-state index >= 15 is 0 Å². The van der Waals surface area contributed by atoms with Crippen molar-refractivity contribution < 1.29 is 14.4 Å². The zero-order valence-electron chi connectivity index (χ0n) is 8.68. The Kier molecular flexibility index (Phi) is 3.43. The summed E-state index contributed by atoms with van der Waals surface area (Å²) in [6, 6.07) is 6.64. The molecule has 0 aliphatic rings. The fourth-order valence-corrected chi connectivity index (χ4v) is 1.73. The van der Waals surface area contributed by atoms with Gasteiger partial charge in [-0.3, -0.25) is 0 Å². The number of hydrogen-bond donors (Lipinski definition) is 2. The van der Waals surface area contributed by atoms with Crippen LogP contribution in [-0.4, -0.2) is 16.2 Å². The van der Waals surface area contributed by atoms with Crippen molar-refractivity contribution in [2.45, 2.75) is 6.54 Å². The molecule has 0 saturated carbocycles. The highest BCUT2D eigenvalue weighted by Crippen LogP contribution is 2.22. The zero-order chi connectivity index (χ0) is 12.3. The van der Waals surface area contributed by atoms with Crippen molar-refractivity contribution in [3.05, 3.63) is 46.3 Å². The molecule has 0 atom stereocenters. The van der Waals surface area contributed by atoms with Gasteiger partial charge in [0.25, 0.3) is 0 Å². The molecule has 0 aliphatic carbocycles. The van der Waals surface area contributed by atoms with Crippen molar-refractivity contribution in [2.75, 3.05) is 5.32 Å². The molecule has 5 nitrogen and oxygen atoms in total. The largest absolute Gasteiger partial charge is 0.478 e.